The normalized spacial score (nSPS) is 14.7. The average molecular weight is 173 g/mol. The van der Waals surface area contributed by atoms with Crippen LogP contribution in [0.3, 0.4) is 0 Å². The summed E-state index contributed by atoms with van der Waals surface area (Å²) in [6.45, 7) is 0. The Kier molecular flexibility index (Phi) is 3.56. The van der Waals surface area contributed by atoms with Gasteiger partial charge in [0.15, 0.2) is 0 Å². The molecular weight excluding hydrogens is 161 g/mol. The molecule has 2 nitrogen and oxygen atoms in total. The monoisotopic (exact) mass is 173 g/mol. The van der Waals surface area contributed by atoms with Crippen molar-refractivity contribution in [3.8, 4) is 0 Å². The summed E-state index contributed by atoms with van der Waals surface area (Å²) in [6, 6.07) is 2.02. The number of aromatic nitrogens is 1. The van der Waals surface area contributed by atoms with Crippen LogP contribution in [0.15, 0.2) is 17.1 Å². The van der Waals surface area contributed by atoms with E-state index >= 15 is 0 Å². The molecule has 1 N–H and O–H groups in total. The van der Waals surface area contributed by atoms with E-state index in [1.54, 1.807) is 6.20 Å². The quantitative estimate of drug-likeness (QED) is 0.573. The van der Waals surface area contributed by atoms with Gasteiger partial charge in [-0.05, 0) is 37.3 Å². The van der Waals surface area contributed by atoms with Crippen molar-refractivity contribution < 1.29 is 0 Å². The van der Waals surface area contributed by atoms with Crippen molar-refractivity contribution in [2.24, 2.45) is 0 Å². The Balaban J connectivity index is 0.000000720. The Hall–Kier alpha value is -0.0500. The topological polar surface area (TPSA) is 32.9 Å². The van der Waals surface area contributed by atoms with Crippen LogP contribution in [0.2, 0.25) is 0 Å². The first kappa shape index (κ1) is 10.0. The number of aromatic amines is 1. The Morgan fingerprint density at radius 2 is 2.00 bits per heavy atom. The van der Waals surface area contributed by atoms with E-state index in [0.717, 1.165) is 18.4 Å². The van der Waals surface area contributed by atoms with Crippen molar-refractivity contribution >= 4 is 29.6 Å². The second kappa shape index (κ2) is 4.26. The fourth-order valence-corrected chi connectivity index (χ4v) is 1.68. The predicted octanol–water partition coefficient (Wildman–Crippen LogP) is 0.605. The molecule has 0 atom stereocenters. The van der Waals surface area contributed by atoms with Crippen LogP contribution in [0.25, 0.3) is 0 Å². The first-order valence-electron chi connectivity index (χ1n) is 4.07. The molecule has 60 valence electrons. The van der Waals surface area contributed by atoms with Crippen LogP contribution >= 0.6 is 0 Å². The number of H-pyrrole nitrogens is 1. The molecule has 0 saturated carbocycles. The van der Waals surface area contributed by atoms with Crippen molar-refractivity contribution in [1.82, 2.24) is 4.98 Å². The van der Waals surface area contributed by atoms with Gasteiger partial charge in [0.1, 0.15) is 0 Å². The number of rotatable bonds is 0. The Morgan fingerprint density at radius 3 is 2.75 bits per heavy atom. The van der Waals surface area contributed by atoms with Gasteiger partial charge < -0.3 is 4.98 Å². The van der Waals surface area contributed by atoms with E-state index in [1.807, 2.05) is 6.07 Å². The maximum absolute atomic E-state index is 11.2. The Bertz CT molecular complexity index is 319. The molecular formula is C9H12NNaO. The summed E-state index contributed by atoms with van der Waals surface area (Å²) in [5.74, 6) is 0. The molecule has 0 bridgehead atoms. The first-order chi connectivity index (χ1) is 5.38. The molecule has 0 aliphatic heterocycles. The number of pyridine rings is 1. The van der Waals surface area contributed by atoms with Gasteiger partial charge in [0.05, 0.1) is 0 Å². The van der Waals surface area contributed by atoms with Gasteiger partial charge in [-0.1, -0.05) is 0 Å². The molecule has 2 rings (SSSR count). The zero-order valence-corrected chi connectivity index (χ0v) is 6.39. The summed E-state index contributed by atoms with van der Waals surface area (Å²) >= 11 is 0. The summed E-state index contributed by atoms with van der Waals surface area (Å²) in [5, 5.41) is 0. The third-order valence-electron chi connectivity index (χ3n) is 2.28. The number of aryl methyl sites for hydroxylation is 1. The second-order valence-corrected chi connectivity index (χ2v) is 3.02. The van der Waals surface area contributed by atoms with Crippen molar-refractivity contribution in [3.05, 3.63) is 33.7 Å². The minimum atomic E-state index is 0. The van der Waals surface area contributed by atoms with E-state index < -0.39 is 0 Å². The molecule has 1 aliphatic rings. The molecule has 12 heavy (non-hydrogen) atoms. The summed E-state index contributed by atoms with van der Waals surface area (Å²) in [4.78, 5) is 13.9. The van der Waals surface area contributed by atoms with Gasteiger partial charge in [-0.3, -0.25) is 4.79 Å². The Morgan fingerprint density at radius 1 is 1.25 bits per heavy atom. The van der Waals surface area contributed by atoms with Crippen molar-refractivity contribution in [1.29, 1.82) is 0 Å². The predicted molar refractivity (Wildman–Crippen MR) is 50.9 cm³/mol. The van der Waals surface area contributed by atoms with Gasteiger partial charge in [0.25, 0.3) is 5.56 Å². The van der Waals surface area contributed by atoms with Crippen LogP contribution < -0.4 is 5.56 Å². The second-order valence-electron chi connectivity index (χ2n) is 3.02. The Labute approximate surface area is 93.7 Å². The van der Waals surface area contributed by atoms with Crippen molar-refractivity contribution in [3.63, 3.8) is 0 Å². The van der Waals surface area contributed by atoms with Crippen LogP contribution in [0.4, 0.5) is 0 Å². The van der Waals surface area contributed by atoms with Gasteiger partial charge in [0, 0.05) is 11.8 Å². The molecule has 0 fully saturated rings. The molecule has 1 aliphatic carbocycles. The van der Waals surface area contributed by atoms with E-state index in [4.69, 9.17) is 0 Å². The van der Waals surface area contributed by atoms with Gasteiger partial charge in [-0.15, -0.1) is 0 Å². The van der Waals surface area contributed by atoms with Crippen LogP contribution in [0, 0.1) is 0 Å². The van der Waals surface area contributed by atoms with E-state index in [0.29, 0.717) is 0 Å². The number of hydrogen-bond donors (Lipinski definition) is 1. The van der Waals surface area contributed by atoms with E-state index in [1.165, 1.54) is 18.4 Å². The van der Waals surface area contributed by atoms with Crippen LogP contribution in [-0.4, -0.2) is 34.5 Å². The van der Waals surface area contributed by atoms with Crippen LogP contribution in [0.5, 0.6) is 0 Å². The maximum atomic E-state index is 11.2. The fraction of sp³-hybridized carbons (Fsp3) is 0.444. The first-order valence-corrected chi connectivity index (χ1v) is 4.07. The molecule has 3 heteroatoms. The van der Waals surface area contributed by atoms with E-state index in [-0.39, 0.29) is 35.1 Å². The standard InChI is InChI=1S/C9H11NO.Na.H/c11-9-8-4-2-1-3-7(8)5-6-10-9;;/h5-6H,1-4H2,(H,10,11);;. The third kappa shape index (κ3) is 1.82. The molecule has 0 spiro atoms. The molecule has 1 aromatic rings. The summed E-state index contributed by atoms with van der Waals surface area (Å²) < 4.78 is 0. The average Bonchev–Trinajstić information content (AvgIpc) is 2.06. The van der Waals surface area contributed by atoms with Gasteiger partial charge in [-0.25, -0.2) is 0 Å². The number of fused-ring (bicyclic) bond motifs is 1. The minimum absolute atomic E-state index is 0. The van der Waals surface area contributed by atoms with Gasteiger partial charge in [-0.2, -0.15) is 0 Å². The number of hydrogen-bond acceptors (Lipinski definition) is 1. The van der Waals surface area contributed by atoms with Crippen LogP contribution in [-0.2, 0) is 12.8 Å². The molecule has 0 aromatic carbocycles. The molecule has 0 radical (unpaired) electrons. The van der Waals surface area contributed by atoms with Crippen LogP contribution in [0.1, 0.15) is 24.0 Å². The SMILES string of the molecule is O=c1[nH]ccc2c1CCCC2.[NaH]. The van der Waals surface area contributed by atoms with E-state index in [2.05, 4.69) is 4.98 Å². The fourth-order valence-electron chi connectivity index (χ4n) is 1.68. The molecule has 1 heterocycles. The molecule has 0 saturated heterocycles. The zero-order valence-electron chi connectivity index (χ0n) is 6.39. The number of nitrogens with one attached hydrogen (secondary N) is 1. The molecule has 0 amide bonds. The van der Waals surface area contributed by atoms with Crippen molar-refractivity contribution in [2.75, 3.05) is 0 Å². The van der Waals surface area contributed by atoms with Gasteiger partial charge >= 0.3 is 29.6 Å². The van der Waals surface area contributed by atoms with Gasteiger partial charge in [0.2, 0.25) is 0 Å². The molecule has 1 aromatic heterocycles. The molecule has 0 unspecified atom stereocenters. The van der Waals surface area contributed by atoms with Crippen molar-refractivity contribution in [2.45, 2.75) is 25.7 Å². The summed E-state index contributed by atoms with van der Waals surface area (Å²) in [6.07, 6.45) is 6.19. The van der Waals surface area contributed by atoms with E-state index in [9.17, 15) is 4.79 Å². The zero-order chi connectivity index (χ0) is 7.68. The summed E-state index contributed by atoms with van der Waals surface area (Å²) in [7, 11) is 0. The third-order valence-corrected chi connectivity index (χ3v) is 2.28. The summed E-state index contributed by atoms with van der Waals surface area (Å²) in [5.41, 5.74) is 2.38.